The zero-order valence-corrected chi connectivity index (χ0v) is 5.16. The normalized spacial score (nSPS) is 15.9. The predicted octanol–water partition coefficient (Wildman–Crippen LogP) is 0.787. The summed E-state index contributed by atoms with van der Waals surface area (Å²) in [5.41, 5.74) is 0.766. The Labute approximate surface area is 52.7 Å². The van der Waals surface area contributed by atoms with E-state index in [1.807, 2.05) is 0 Å². The summed E-state index contributed by atoms with van der Waals surface area (Å²) in [5.74, 6) is 0.112. The lowest BCUT2D eigenvalue weighted by atomic mass is 10.2. The van der Waals surface area contributed by atoms with Crippen LogP contribution in [-0.2, 0) is 4.79 Å². The number of Topliss-reactive ketones (excluding diaryl/α,β-unsaturated/α-hetero) is 1. The zero-order valence-electron chi connectivity index (χ0n) is 5.16. The van der Waals surface area contributed by atoms with Gasteiger partial charge in [-0.1, -0.05) is 0 Å². The van der Waals surface area contributed by atoms with E-state index in [4.69, 9.17) is 0 Å². The summed E-state index contributed by atoms with van der Waals surface area (Å²) in [4.78, 5) is 10.4. The molecule has 9 heavy (non-hydrogen) atoms. The second-order valence-electron chi connectivity index (χ2n) is 1.93. The molecule has 1 heterocycles. The molecule has 0 aromatic heterocycles. The van der Waals surface area contributed by atoms with Gasteiger partial charge in [0.15, 0.2) is 0 Å². The van der Waals surface area contributed by atoms with E-state index in [2.05, 4.69) is 15.4 Å². The van der Waals surface area contributed by atoms with Crippen LogP contribution in [0.25, 0.3) is 0 Å². The molecule has 0 amide bonds. The third-order valence-corrected chi connectivity index (χ3v) is 0.956. The van der Waals surface area contributed by atoms with Gasteiger partial charge in [-0.15, -0.1) is 5.10 Å². The minimum atomic E-state index is 0.112. The Bertz CT molecular complexity index is 183. The van der Waals surface area contributed by atoms with E-state index in [0.717, 1.165) is 5.71 Å². The molecule has 4 nitrogen and oxygen atoms in total. The molecule has 1 rings (SSSR count). The van der Waals surface area contributed by atoms with Gasteiger partial charge in [-0.2, -0.15) is 5.11 Å². The second-order valence-corrected chi connectivity index (χ2v) is 1.93. The molecule has 0 aromatic carbocycles. The molecule has 48 valence electrons. The van der Waals surface area contributed by atoms with E-state index < -0.39 is 0 Å². The van der Waals surface area contributed by atoms with Gasteiger partial charge in [-0.3, -0.25) is 4.79 Å². The Balaban J connectivity index is 2.39. The maximum absolute atomic E-state index is 10.4. The summed E-state index contributed by atoms with van der Waals surface area (Å²) in [6.45, 7) is 2.03. The summed E-state index contributed by atoms with van der Waals surface area (Å²) in [5, 5.41) is 10.6. The molecule has 0 unspecified atom stereocenters. The Kier molecular flexibility index (Phi) is 1.67. The lowest BCUT2D eigenvalue weighted by molar-refractivity contribution is -0.115. The van der Waals surface area contributed by atoms with Crippen LogP contribution in [0.5, 0.6) is 0 Å². The fourth-order valence-corrected chi connectivity index (χ4v) is 0.618. The van der Waals surface area contributed by atoms with Crippen molar-refractivity contribution in [2.45, 2.75) is 13.3 Å². The van der Waals surface area contributed by atoms with Crippen LogP contribution < -0.4 is 0 Å². The Morgan fingerprint density at radius 1 is 1.78 bits per heavy atom. The van der Waals surface area contributed by atoms with Crippen molar-refractivity contribution < 1.29 is 4.79 Å². The molecule has 4 heteroatoms. The number of carbonyl (C=O) groups is 1. The predicted molar refractivity (Wildman–Crippen MR) is 32.5 cm³/mol. The van der Waals surface area contributed by atoms with E-state index in [-0.39, 0.29) is 5.78 Å². The quantitative estimate of drug-likeness (QED) is 0.538. The first-order valence-electron chi connectivity index (χ1n) is 2.70. The Morgan fingerprint density at radius 3 is 3.00 bits per heavy atom. The highest BCUT2D eigenvalue weighted by Crippen LogP contribution is 1.98. The van der Waals surface area contributed by atoms with Crippen LogP contribution in [0.2, 0.25) is 0 Å². The van der Waals surface area contributed by atoms with Crippen molar-refractivity contribution in [1.29, 1.82) is 0 Å². The Morgan fingerprint density at radius 2 is 2.56 bits per heavy atom. The van der Waals surface area contributed by atoms with Crippen molar-refractivity contribution >= 4 is 11.5 Å². The van der Waals surface area contributed by atoms with E-state index in [9.17, 15) is 4.79 Å². The van der Waals surface area contributed by atoms with Crippen molar-refractivity contribution in [3.8, 4) is 0 Å². The fraction of sp³-hybridized carbons (Fsp3) is 0.600. The van der Waals surface area contributed by atoms with Gasteiger partial charge in [0.1, 0.15) is 12.3 Å². The largest absolute Gasteiger partial charge is 0.300 e. The summed E-state index contributed by atoms with van der Waals surface area (Å²) >= 11 is 0. The van der Waals surface area contributed by atoms with Gasteiger partial charge in [0, 0.05) is 6.42 Å². The highest BCUT2D eigenvalue weighted by Gasteiger charge is 2.05. The molecule has 0 saturated carbocycles. The van der Waals surface area contributed by atoms with E-state index >= 15 is 0 Å². The van der Waals surface area contributed by atoms with Gasteiger partial charge < -0.3 is 0 Å². The topological polar surface area (TPSA) is 54.1 Å². The molecule has 0 aliphatic carbocycles. The summed E-state index contributed by atoms with van der Waals surface area (Å²) in [7, 11) is 0. The van der Waals surface area contributed by atoms with Gasteiger partial charge in [0.05, 0.1) is 5.71 Å². The SMILES string of the molecule is CC(=O)CC1=NN=NC1. The lowest BCUT2D eigenvalue weighted by Gasteiger charge is -1.88. The molecule has 0 bridgehead atoms. The summed E-state index contributed by atoms with van der Waals surface area (Å²) in [6.07, 6.45) is 0.396. The molecule has 0 N–H and O–H groups in total. The number of hydrogen-bond donors (Lipinski definition) is 0. The number of hydrogen-bond acceptors (Lipinski definition) is 4. The van der Waals surface area contributed by atoms with Gasteiger partial charge in [-0.25, -0.2) is 0 Å². The second kappa shape index (κ2) is 2.48. The van der Waals surface area contributed by atoms with Crippen LogP contribution in [0.3, 0.4) is 0 Å². The summed E-state index contributed by atoms with van der Waals surface area (Å²) in [6, 6.07) is 0. The lowest BCUT2D eigenvalue weighted by Crippen LogP contribution is -2.04. The van der Waals surface area contributed by atoms with E-state index in [1.165, 1.54) is 6.92 Å². The van der Waals surface area contributed by atoms with Crippen LogP contribution in [0, 0.1) is 0 Å². The standard InChI is InChI=1S/C5H7N3O/c1-4(9)2-5-3-6-8-7-5/h2-3H2,1H3. The molecule has 0 atom stereocenters. The smallest absolute Gasteiger partial charge is 0.135 e. The molecule has 0 aromatic rings. The van der Waals surface area contributed by atoms with Gasteiger partial charge in [0.2, 0.25) is 0 Å². The van der Waals surface area contributed by atoms with Crippen LogP contribution in [0.1, 0.15) is 13.3 Å². The summed E-state index contributed by atoms with van der Waals surface area (Å²) < 4.78 is 0. The van der Waals surface area contributed by atoms with Crippen LogP contribution in [-0.4, -0.2) is 18.0 Å². The van der Waals surface area contributed by atoms with Gasteiger partial charge in [-0.05, 0) is 12.1 Å². The van der Waals surface area contributed by atoms with Crippen LogP contribution >= 0.6 is 0 Å². The van der Waals surface area contributed by atoms with Crippen molar-refractivity contribution in [3.05, 3.63) is 0 Å². The first kappa shape index (κ1) is 6.07. The fourth-order valence-electron chi connectivity index (χ4n) is 0.618. The molecule has 0 fully saturated rings. The van der Waals surface area contributed by atoms with Crippen molar-refractivity contribution in [2.24, 2.45) is 15.4 Å². The number of rotatable bonds is 2. The number of nitrogens with zero attached hydrogens (tertiary/aromatic N) is 3. The molecular formula is C5H7N3O. The van der Waals surface area contributed by atoms with Crippen molar-refractivity contribution in [3.63, 3.8) is 0 Å². The first-order valence-corrected chi connectivity index (χ1v) is 2.70. The van der Waals surface area contributed by atoms with Crippen molar-refractivity contribution in [1.82, 2.24) is 0 Å². The zero-order chi connectivity index (χ0) is 6.69. The third kappa shape index (κ3) is 1.71. The molecule has 0 spiro atoms. The monoisotopic (exact) mass is 125 g/mol. The third-order valence-electron chi connectivity index (χ3n) is 0.956. The highest BCUT2D eigenvalue weighted by atomic mass is 16.1. The maximum Gasteiger partial charge on any atom is 0.135 e. The van der Waals surface area contributed by atoms with Crippen LogP contribution in [0.15, 0.2) is 15.4 Å². The first-order chi connectivity index (χ1) is 4.29. The van der Waals surface area contributed by atoms with Crippen molar-refractivity contribution in [2.75, 3.05) is 6.54 Å². The Hall–Kier alpha value is -1.06. The van der Waals surface area contributed by atoms with Gasteiger partial charge >= 0.3 is 0 Å². The highest BCUT2D eigenvalue weighted by molar-refractivity contribution is 6.02. The minimum Gasteiger partial charge on any atom is -0.300 e. The molecule has 1 aliphatic heterocycles. The molecule has 0 saturated heterocycles. The maximum atomic E-state index is 10.4. The molecule has 0 radical (unpaired) electrons. The number of carbonyl (C=O) groups excluding carboxylic acids is 1. The van der Waals surface area contributed by atoms with E-state index in [1.54, 1.807) is 0 Å². The van der Waals surface area contributed by atoms with Gasteiger partial charge in [0.25, 0.3) is 0 Å². The number of ketones is 1. The molecular weight excluding hydrogens is 118 g/mol. The molecule has 1 aliphatic rings. The van der Waals surface area contributed by atoms with E-state index in [0.29, 0.717) is 13.0 Å². The van der Waals surface area contributed by atoms with Crippen LogP contribution in [0.4, 0.5) is 0 Å². The average molecular weight is 125 g/mol. The minimum absolute atomic E-state index is 0.112. The average Bonchev–Trinajstić information content (AvgIpc) is 2.15.